The van der Waals surface area contributed by atoms with E-state index in [1.165, 1.54) is 0 Å². The van der Waals surface area contributed by atoms with Crippen LogP contribution in [0.15, 0.2) is 102 Å². The van der Waals surface area contributed by atoms with Crippen molar-refractivity contribution in [1.29, 1.82) is 0 Å². The number of hydrogen-bond donors (Lipinski definition) is 3. The van der Waals surface area contributed by atoms with Crippen molar-refractivity contribution in [2.24, 2.45) is 4.99 Å². The number of nitrogens with one attached hydrogen (secondary N) is 2. The fraction of sp³-hybridized carbons (Fsp3) is 0.154. The molecule has 1 aliphatic rings. The van der Waals surface area contributed by atoms with Crippen LogP contribution in [0.3, 0.4) is 0 Å². The van der Waals surface area contributed by atoms with Crippen LogP contribution in [0.1, 0.15) is 47.2 Å². The van der Waals surface area contributed by atoms with E-state index < -0.39 is 23.9 Å². The van der Waals surface area contributed by atoms with Gasteiger partial charge in [0, 0.05) is 45.8 Å². The van der Waals surface area contributed by atoms with Crippen molar-refractivity contribution in [3.63, 3.8) is 0 Å². The predicted octanol–water partition coefficient (Wildman–Crippen LogP) is 5.55. The van der Waals surface area contributed by atoms with Gasteiger partial charge in [-0.1, -0.05) is 54.6 Å². The summed E-state index contributed by atoms with van der Waals surface area (Å²) in [6.07, 6.45) is 4.35. The molecule has 2 aromatic heterocycles. The van der Waals surface area contributed by atoms with Gasteiger partial charge >= 0.3 is 23.9 Å². The third-order valence-corrected chi connectivity index (χ3v) is 8.51. The number of hydrogen-bond acceptors (Lipinski definition) is 8. The van der Waals surface area contributed by atoms with Crippen molar-refractivity contribution in [3.05, 3.63) is 125 Å². The second-order valence-corrected chi connectivity index (χ2v) is 11.8. The average molecular weight is 670 g/mol. The second-order valence-electron chi connectivity index (χ2n) is 11.8. The van der Waals surface area contributed by atoms with E-state index in [1.54, 1.807) is 0 Å². The number of para-hydroxylation sites is 3. The third kappa shape index (κ3) is 6.88. The molecule has 0 saturated carbocycles. The van der Waals surface area contributed by atoms with E-state index in [2.05, 4.69) is 15.0 Å². The van der Waals surface area contributed by atoms with Gasteiger partial charge in [0.1, 0.15) is 0 Å². The van der Waals surface area contributed by atoms with Gasteiger partial charge in [-0.15, -0.1) is 0 Å². The summed E-state index contributed by atoms with van der Waals surface area (Å²) < 4.78 is 16.9. The lowest BCUT2D eigenvalue weighted by Crippen LogP contribution is -2.34. The molecular weight excluding hydrogens is 638 g/mol. The number of esters is 3. The molecule has 0 radical (unpaired) electrons. The van der Waals surface area contributed by atoms with Gasteiger partial charge in [0.15, 0.2) is 11.5 Å². The summed E-state index contributed by atoms with van der Waals surface area (Å²) in [4.78, 5) is 62.4. The van der Waals surface area contributed by atoms with Gasteiger partial charge in [0.05, 0.1) is 35.9 Å². The first-order chi connectivity index (χ1) is 24.3. The van der Waals surface area contributed by atoms with Crippen LogP contribution < -0.4 is 24.8 Å². The number of aromatic nitrogens is 2. The maximum atomic E-state index is 13.2. The quantitative estimate of drug-likeness (QED) is 0.107. The zero-order valence-electron chi connectivity index (χ0n) is 26.7. The standard InChI is InChI=1S/C39H31N3O8/c43-35(16-13-23-21-40-29-10-4-1-7-26(23)29)48-33-19-25(39(46)47)20-34(49-36(44)17-14-24-22-41-30-11-5-2-8-27(24)30)38(33)50-37(45)18-15-32-28-9-3-6-12-31(28)42-32/h1-12,19-22,40-41H,13-18H2,(H,46,47). The Morgan fingerprint density at radius 3 is 1.68 bits per heavy atom. The number of benzene rings is 4. The molecule has 6 aromatic rings. The zero-order chi connectivity index (χ0) is 34.6. The second kappa shape index (κ2) is 13.9. The zero-order valence-corrected chi connectivity index (χ0v) is 26.7. The highest BCUT2D eigenvalue weighted by molar-refractivity contribution is 5.91. The minimum atomic E-state index is -1.36. The molecular formula is C39H31N3O8. The van der Waals surface area contributed by atoms with Gasteiger partial charge in [0.25, 0.3) is 0 Å². The number of aryl methyl sites for hydroxylation is 2. The Morgan fingerprint density at radius 1 is 0.620 bits per heavy atom. The molecule has 11 nitrogen and oxygen atoms in total. The summed E-state index contributed by atoms with van der Waals surface area (Å²) in [6.45, 7) is 0. The smallest absolute Gasteiger partial charge is 0.335 e. The van der Waals surface area contributed by atoms with Crippen LogP contribution in [0.5, 0.6) is 17.2 Å². The Hall–Kier alpha value is -6.49. The van der Waals surface area contributed by atoms with Crippen LogP contribution in [0.4, 0.5) is 0 Å². The first kappa shape index (κ1) is 32.1. The van der Waals surface area contributed by atoms with Crippen molar-refractivity contribution < 1.29 is 38.5 Å². The van der Waals surface area contributed by atoms with Crippen molar-refractivity contribution in [2.75, 3.05) is 0 Å². The van der Waals surface area contributed by atoms with Crippen molar-refractivity contribution in [2.45, 2.75) is 38.5 Å². The number of fused-ring (bicyclic) bond motifs is 3. The third-order valence-electron chi connectivity index (χ3n) is 8.51. The monoisotopic (exact) mass is 669 g/mol. The number of aromatic amines is 2. The first-order valence-electron chi connectivity index (χ1n) is 16.1. The molecule has 1 aliphatic heterocycles. The van der Waals surface area contributed by atoms with Crippen molar-refractivity contribution in [3.8, 4) is 17.2 Å². The number of carbonyl (C=O) groups excluding carboxylic acids is 3. The molecule has 0 aliphatic carbocycles. The number of H-pyrrole nitrogens is 2. The number of carboxylic acids is 1. The van der Waals surface area contributed by atoms with Crippen LogP contribution in [0, 0.1) is 0 Å². The normalized spacial score (nSPS) is 11.8. The molecule has 0 unspecified atom stereocenters. The SMILES string of the molecule is O=C(CCc1c[nH]c2ccccc12)Oc1cc(C(=O)O)cc(OC(=O)CCc2c[nH]c3ccccc23)c1OC(=O)CCC1=c2ccccc2=N1. The summed E-state index contributed by atoms with van der Waals surface area (Å²) in [5.74, 6) is -4.55. The lowest BCUT2D eigenvalue weighted by Gasteiger charge is -2.16. The van der Waals surface area contributed by atoms with E-state index in [1.807, 2.05) is 85.2 Å². The highest BCUT2D eigenvalue weighted by Crippen LogP contribution is 2.40. The van der Waals surface area contributed by atoms with Gasteiger partial charge in [0.2, 0.25) is 5.75 Å². The summed E-state index contributed by atoms with van der Waals surface area (Å²) in [6, 6.07) is 25.0. The predicted molar refractivity (Wildman–Crippen MR) is 183 cm³/mol. The largest absolute Gasteiger partial charge is 0.478 e. The highest BCUT2D eigenvalue weighted by atomic mass is 16.6. The molecule has 4 aromatic carbocycles. The summed E-state index contributed by atoms with van der Waals surface area (Å²) in [7, 11) is 0. The Balaban J connectivity index is 1.12. The van der Waals surface area contributed by atoms with Crippen LogP contribution in [0.25, 0.3) is 27.5 Å². The molecule has 0 amide bonds. The van der Waals surface area contributed by atoms with Crippen LogP contribution in [-0.2, 0) is 27.2 Å². The van der Waals surface area contributed by atoms with Gasteiger partial charge in [-0.05, 0) is 54.3 Å². The Bertz CT molecular complexity index is 2310. The number of aromatic carboxylic acids is 1. The minimum absolute atomic E-state index is 0.0640. The van der Waals surface area contributed by atoms with Gasteiger partial charge in [-0.2, -0.15) is 0 Å². The highest BCUT2D eigenvalue weighted by Gasteiger charge is 2.25. The van der Waals surface area contributed by atoms with Crippen LogP contribution in [0.2, 0.25) is 0 Å². The number of rotatable bonds is 13. The fourth-order valence-corrected chi connectivity index (χ4v) is 5.99. The summed E-state index contributed by atoms with van der Waals surface area (Å²) >= 11 is 0. The molecule has 0 bridgehead atoms. The first-order valence-corrected chi connectivity index (χ1v) is 16.1. The van der Waals surface area contributed by atoms with Gasteiger partial charge < -0.3 is 29.3 Å². The van der Waals surface area contributed by atoms with Crippen molar-refractivity contribution in [1.82, 2.24) is 9.97 Å². The molecule has 0 fully saturated rings. The van der Waals surface area contributed by atoms with E-state index in [-0.39, 0.29) is 48.5 Å². The van der Waals surface area contributed by atoms with E-state index in [4.69, 9.17) is 14.2 Å². The average Bonchev–Trinajstić information content (AvgIpc) is 3.72. The number of ether oxygens (including phenoxy) is 3. The van der Waals surface area contributed by atoms with E-state index in [9.17, 15) is 24.3 Å². The molecule has 0 atom stereocenters. The minimum Gasteiger partial charge on any atom is -0.478 e. The Morgan fingerprint density at radius 2 is 1.12 bits per heavy atom. The molecule has 50 heavy (non-hydrogen) atoms. The van der Waals surface area contributed by atoms with Crippen molar-refractivity contribution >= 4 is 51.4 Å². The van der Waals surface area contributed by atoms with E-state index in [0.717, 1.165) is 61.3 Å². The number of carboxylic acid groups (broad SMARTS) is 1. The topological polar surface area (TPSA) is 160 Å². The summed E-state index contributed by atoms with van der Waals surface area (Å²) in [5.41, 5.74) is 4.05. The van der Waals surface area contributed by atoms with Gasteiger partial charge in [-0.25, -0.2) is 4.79 Å². The maximum absolute atomic E-state index is 13.2. The molecule has 0 spiro atoms. The maximum Gasteiger partial charge on any atom is 0.335 e. The Kier molecular flexibility index (Phi) is 8.94. The number of carbonyl (C=O) groups is 4. The van der Waals surface area contributed by atoms with E-state index in [0.29, 0.717) is 12.8 Å². The lowest BCUT2D eigenvalue weighted by atomic mass is 10.1. The van der Waals surface area contributed by atoms with Crippen LogP contribution >= 0.6 is 0 Å². The van der Waals surface area contributed by atoms with E-state index >= 15 is 0 Å². The lowest BCUT2D eigenvalue weighted by molar-refractivity contribution is -0.138. The molecule has 11 heteroatoms. The molecule has 0 saturated heterocycles. The Labute approximate surface area is 284 Å². The van der Waals surface area contributed by atoms with Gasteiger partial charge in [-0.3, -0.25) is 19.4 Å². The fourth-order valence-electron chi connectivity index (χ4n) is 5.99. The van der Waals surface area contributed by atoms with Crippen LogP contribution in [-0.4, -0.2) is 39.0 Å². The molecule has 7 rings (SSSR count). The molecule has 3 N–H and O–H groups in total. The molecule has 250 valence electrons. The molecule has 3 heterocycles. The number of nitrogens with zero attached hydrogens (tertiary/aromatic N) is 1. The summed E-state index contributed by atoms with van der Waals surface area (Å²) in [5, 5.41) is 13.6.